The molecule has 0 unspecified atom stereocenters. The molecule has 0 aromatic carbocycles. The van der Waals surface area contributed by atoms with Gasteiger partial charge in [0.25, 0.3) is 5.91 Å². The van der Waals surface area contributed by atoms with Gasteiger partial charge in [-0.1, -0.05) is 18.6 Å². The van der Waals surface area contributed by atoms with Gasteiger partial charge >= 0.3 is 0 Å². The van der Waals surface area contributed by atoms with Gasteiger partial charge in [-0.3, -0.25) is 9.48 Å². The summed E-state index contributed by atoms with van der Waals surface area (Å²) in [5.41, 5.74) is 3.02. The molecule has 2 rings (SSSR count). The van der Waals surface area contributed by atoms with E-state index in [-0.39, 0.29) is 5.91 Å². The first-order chi connectivity index (χ1) is 9.20. The van der Waals surface area contributed by atoms with Gasteiger partial charge in [-0.25, -0.2) is 0 Å². The van der Waals surface area contributed by atoms with Crippen LogP contribution in [0.2, 0.25) is 0 Å². The van der Waals surface area contributed by atoms with E-state index in [1.807, 2.05) is 20.0 Å². The summed E-state index contributed by atoms with van der Waals surface area (Å²) < 4.78 is 1.65. The Morgan fingerprint density at radius 1 is 1.58 bits per heavy atom. The predicted octanol–water partition coefficient (Wildman–Crippen LogP) is 1.02. The Morgan fingerprint density at radius 3 is 3.05 bits per heavy atom. The SMILES string of the molecule is CCc1cc(C(=O)NCCC2=CCNCC2)n(C)n1. The molecule has 1 aromatic heterocycles. The van der Waals surface area contributed by atoms with Crippen molar-refractivity contribution in [3.8, 4) is 0 Å². The Hall–Kier alpha value is -1.62. The third kappa shape index (κ3) is 3.67. The molecule has 1 aliphatic rings. The van der Waals surface area contributed by atoms with Crippen molar-refractivity contribution in [1.29, 1.82) is 0 Å². The van der Waals surface area contributed by atoms with Crippen LogP contribution in [0.25, 0.3) is 0 Å². The highest BCUT2D eigenvalue weighted by atomic mass is 16.2. The van der Waals surface area contributed by atoms with E-state index in [0.717, 1.165) is 38.0 Å². The Morgan fingerprint density at radius 2 is 2.42 bits per heavy atom. The molecule has 0 atom stereocenters. The first-order valence-electron chi connectivity index (χ1n) is 6.90. The van der Waals surface area contributed by atoms with E-state index < -0.39 is 0 Å². The van der Waals surface area contributed by atoms with Crippen molar-refractivity contribution in [3.63, 3.8) is 0 Å². The van der Waals surface area contributed by atoms with Gasteiger partial charge < -0.3 is 10.6 Å². The highest BCUT2D eigenvalue weighted by Gasteiger charge is 2.12. The van der Waals surface area contributed by atoms with Crippen molar-refractivity contribution in [2.45, 2.75) is 26.2 Å². The van der Waals surface area contributed by atoms with Crippen LogP contribution < -0.4 is 10.6 Å². The number of aromatic nitrogens is 2. The van der Waals surface area contributed by atoms with E-state index >= 15 is 0 Å². The average molecular weight is 262 g/mol. The molecule has 0 spiro atoms. The standard InChI is InChI=1S/C14H22N4O/c1-3-12-10-13(18(2)17-12)14(19)16-9-6-11-4-7-15-8-5-11/h4,10,15H,3,5-9H2,1-2H3,(H,16,19). The Balaban J connectivity index is 1.83. The van der Waals surface area contributed by atoms with Crippen molar-refractivity contribution < 1.29 is 4.79 Å². The zero-order valence-corrected chi connectivity index (χ0v) is 11.7. The van der Waals surface area contributed by atoms with Crippen molar-refractivity contribution in [3.05, 3.63) is 29.1 Å². The van der Waals surface area contributed by atoms with Crippen molar-refractivity contribution in [2.24, 2.45) is 7.05 Å². The van der Waals surface area contributed by atoms with Crippen LogP contribution in [-0.2, 0) is 13.5 Å². The molecule has 0 aliphatic carbocycles. The summed E-state index contributed by atoms with van der Waals surface area (Å²) >= 11 is 0. The molecule has 0 radical (unpaired) electrons. The molecule has 1 aromatic rings. The first kappa shape index (κ1) is 13.8. The number of nitrogens with zero attached hydrogens (tertiary/aromatic N) is 2. The predicted molar refractivity (Wildman–Crippen MR) is 75.1 cm³/mol. The second-order valence-corrected chi connectivity index (χ2v) is 4.82. The fourth-order valence-corrected chi connectivity index (χ4v) is 2.24. The quantitative estimate of drug-likeness (QED) is 0.779. The number of hydrogen-bond donors (Lipinski definition) is 2. The molecule has 2 heterocycles. The lowest BCUT2D eigenvalue weighted by Crippen LogP contribution is -2.28. The number of amides is 1. The molecule has 1 aliphatic heterocycles. The monoisotopic (exact) mass is 262 g/mol. The van der Waals surface area contributed by atoms with Crippen LogP contribution in [0.3, 0.4) is 0 Å². The summed E-state index contributed by atoms with van der Waals surface area (Å²) in [5.74, 6) is -0.0377. The van der Waals surface area contributed by atoms with Crippen LogP contribution in [0.15, 0.2) is 17.7 Å². The van der Waals surface area contributed by atoms with Crippen LogP contribution in [0.5, 0.6) is 0 Å². The van der Waals surface area contributed by atoms with Gasteiger partial charge in [0.15, 0.2) is 0 Å². The second kappa shape index (κ2) is 6.52. The van der Waals surface area contributed by atoms with E-state index in [9.17, 15) is 4.79 Å². The van der Waals surface area contributed by atoms with Crippen molar-refractivity contribution in [1.82, 2.24) is 20.4 Å². The normalized spacial score (nSPS) is 15.2. The first-order valence-corrected chi connectivity index (χ1v) is 6.90. The van der Waals surface area contributed by atoms with E-state index in [1.165, 1.54) is 5.57 Å². The van der Waals surface area contributed by atoms with E-state index in [4.69, 9.17) is 0 Å². The van der Waals surface area contributed by atoms with Gasteiger partial charge in [0, 0.05) is 20.1 Å². The van der Waals surface area contributed by atoms with Crippen LogP contribution >= 0.6 is 0 Å². The molecule has 0 bridgehead atoms. The summed E-state index contributed by atoms with van der Waals surface area (Å²) in [6.07, 6.45) is 5.09. The lowest BCUT2D eigenvalue weighted by Gasteiger charge is -2.14. The summed E-state index contributed by atoms with van der Waals surface area (Å²) in [5, 5.41) is 10.5. The Bertz CT molecular complexity index is 476. The summed E-state index contributed by atoms with van der Waals surface area (Å²) in [4.78, 5) is 12.0. The lowest BCUT2D eigenvalue weighted by molar-refractivity contribution is 0.0944. The fraction of sp³-hybridized carbons (Fsp3) is 0.571. The number of hydrogen-bond acceptors (Lipinski definition) is 3. The average Bonchev–Trinajstić information content (AvgIpc) is 2.81. The molecule has 1 amide bonds. The van der Waals surface area contributed by atoms with Gasteiger partial charge in [0.2, 0.25) is 0 Å². The molecule has 19 heavy (non-hydrogen) atoms. The van der Waals surface area contributed by atoms with Crippen LogP contribution in [-0.4, -0.2) is 35.3 Å². The van der Waals surface area contributed by atoms with Gasteiger partial charge in [-0.2, -0.15) is 5.10 Å². The van der Waals surface area contributed by atoms with Crippen LogP contribution in [0.4, 0.5) is 0 Å². The van der Waals surface area contributed by atoms with Crippen molar-refractivity contribution >= 4 is 5.91 Å². The highest BCUT2D eigenvalue weighted by molar-refractivity contribution is 5.92. The van der Waals surface area contributed by atoms with E-state index in [0.29, 0.717) is 12.2 Å². The molecule has 5 nitrogen and oxygen atoms in total. The fourth-order valence-electron chi connectivity index (χ4n) is 2.24. The Kier molecular flexibility index (Phi) is 4.74. The maximum Gasteiger partial charge on any atom is 0.269 e. The largest absolute Gasteiger partial charge is 0.350 e. The Labute approximate surface area is 114 Å². The van der Waals surface area contributed by atoms with Gasteiger partial charge in [-0.15, -0.1) is 0 Å². The number of aryl methyl sites for hydroxylation is 2. The minimum absolute atomic E-state index is 0.0377. The maximum atomic E-state index is 12.0. The molecular formula is C14H22N4O. The summed E-state index contributed by atoms with van der Waals surface area (Å²) in [6, 6.07) is 1.86. The molecule has 104 valence electrons. The van der Waals surface area contributed by atoms with Crippen LogP contribution in [0, 0.1) is 0 Å². The molecule has 0 saturated heterocycles. The molecule has 0 saturated carbocycles. The topological polar surface area (TPSA) is 59.0 Å². The second-order valence-electron chi connectivity index (χ2n) is 4.82. The summed E-state index contributed by atoms with van der Waals surface area (Å²) in [7, 11) is 1.81. The lowest BCUT2D eigenvalue weighted by atomic mass is 10.1. The molecule has 5 heteroatoms. The third-order valence-electron chi connectivity index (χ3n) is 3.41. The number of carbonyl (C=O) groups is 1. The minimum Gasteiger partial charge on any atom is -0.350 e. The zero-order valence-electron chi connectivity index (χ0n) is 11.7. The van der Waals surface area contributed by atoms with E-state index in [2.05, 4.69) is 21.8 Å². The third-order valence-corrected chi connectivity index (χ3v) is 3.41. The van der Waals surface area contributed by atoms with Crippen LogP contribution in [0.1, 0.15) is 35.9 Å². The maximum absolute atomic E-state index is 12.0. The van der Waals surface area contributed by atoms with Crippen molar-refractivity contribution in [2.75, 3.05) is 19.6 Å². The van der Waals surface area contributed by atoms with Gasteiger partial charge in [0.1, 0.15) is 5.69 Å². The van der Waals surface area contributed by atoms with Gasteiger partial charge in [-0.05, 0) is 31.9 Å². The van der Waals surface area contributed by atoms with E-state index in [1.54, 1.807) is 4.68 Å². The number of rotatable bonds is 5. The zero-order chi connectivity index (χ0) is 13.7. The van der Waals surface area contributed by atoms with Gasteiger partial charge in [0.05, 0.1) is 5.69 Å². The smallest absolute Gasteiger partial charge is 0.269 e. The highest BCUT2D eigenvalue weighted by Crippen LogP contribution is 2.08. The molecular weight excluding hydrogens is 240 g/mol. The number of nitrogens with one attached hydrogen (secondary N) is 2. The molecule has 0 fully saturated rings. The summed E-state index contributed by atoms with van der Waals surface area (Å²) in [6.45, 7) is 4.72. The number of carbonyl (C=O) groups excluding carboxylic acids is 1. The minimum atomic E-state index is -0.0377. The molecule has 2 N–H and O–H groups in total.